The molecule has 0 fully saturated rings. The molecule has 0 unspecified atom stereocenters. The molecule has 0 aliphatic carbocycles. The fourth-order valence-electron chi connectivity index (χ4n) is 2.93. The largest absolute Gasteiger partial charge is 0.460 e. The van der Waals surface area contributed by atoms with Crippen LogP contribution in [0, 0.1) is 0 Å². The Labute approximate surface area is 261 Å². The number of hydrogen-bond acceptors (Lipinski definition) is 1. The zero-order chi connectivity index (χ0) is 44.5. The van der Waals surface area contributed by atoms with E-state index in [1.807, 2.05) is 0 Å². The van der Waals surface area contributed by atoms with Crippen LogP contribution in [0.25, 0.3) is 0 Å². The third-order valence-corrected chi connectivity index (χ3v) is 6.25. The van der Waals surface area contributed by atoms with E-state index in [4.69, 9.17) is 5.11 Å². The maximum atomic E-state index is 13.8. The van der Waals surface area contributed by atoms with E-state index < -0.39 is 101 Å². The van der Waals surface area contributed by atoms with Crippen LogP contribution in [-0.2, 0) is 0 Å². The molecule has 0 saturated heterocycles. The Morgan fingerprint density at radius 1 is 0.151 bits per heavy atom. The quantitative estimate of drug-likeness (QED) is 0.163. The Morgan fingerprint density at radius 2 is 0.245 bits per heavy atom. The van der Waals surface area contributed by atoms with Crippen LogP contribution >= 0.6 is 0 Å². The van der Waals surface area contributed by atoms with Gasteiger partial charge in [0, 0.05) is 0 Å². The zero-order valence-corrected chi connectivity index (χ0v) is 22.2. The SMILES string of the molecule is OC(F)(F)C(F)(F)C(F)(F)C(F)(F)C(F)(F)C(F)(F)C(F)(F)C(F)(F)C(F)(F)C(F)(F)C(F)(F)C(F)(F)C(F)(F)C(F)(F)C(F)(F)C(F)(F)C(F)(F)F. The predicted octanol–water partition coefficient (Wildman–Crippen LogP) is 10.7. The lowest BCUT2D eigenvalue weighted by atomic mass is 9.82. The lowest BCUT2D eigenvalue weighted by Crippen LogP contribution is -2.80. The smallest absolute Gasteiger partial charge is 0.331 e. The van der Waals surface area contributed by atoms with Crippen molar-refractivity contribution in [1.82, 2.24) is 0 Å². The molecule has 1 N–H and O–H groups in total. The molecule has 36 heteroatoms. The van der Waals surface area contributed by atoms with E-state index in [9.17, 15) is 154 Å². The van der Waals surface area contributed by atoms with Crippen LogP contribution < -0.4 is 0 Å². The average molecular weight is 886 g/mol. The van der Waals surface area contributed by atoms with E-state index >= 15 is 0 Å². The van der Waals surface area contributed by atoms with Crippen molar-refractivity contribution >= 4 is 0 Å². The second-order valence-electron chi connectivity index (χ2n) is 9.65. The van der Waals surface area contributed by atoms with Crippen molar-refractivity contribution in [2.45, 2.75) is 101 Å². The maximum Gasteiger partial charge on any atom is 0.460 e. The topological polar surface area (TPSA) is 20.2 Å². The lowest BCUT2D eigenvalue weighted by Gasteiger charge is -2.47. The van der Waals surface area contributed by atoms with Gasteiger partial charge < -0.3 is 5.11 Å². The normalized spacial score (nSPS) is 17.4. The highest BCUT2D eigenvalue weighted by atomic mass is 19.4. The highest BCUT2D eigenvalue weighted by Gasteiger charge is 3.02. The highest BCUT2D eigenvalue weighted by Crippen LogP contribution is 2.70. The number of hydrogen-bond donors (Lipinski definition) is 1. The Bertz CT molecular complexity index is 1240. The van der Waals surface area contributed by atoms with Crippen LogP contribution in [0.1, 0.15) is 0 Å². The fourth-order valence-corrected chi connectivity index (χ4v) is 2.93. The molecule has 53 heavy (non-hydrogen) atoms. The van der Waals surface area contributed by atoms with Gasteiger partial charge in [-0.15, -0.1) is 0 Å². The van der Waals surface area contributed by atoms with Gasteiger partial charge in [-0.3, -0.25) is 0 Å². The highest BCUT2D eigenvalue weighted by molar-refractivity contribution is 5.22. The summed E-state index contributed by atoms with van der Waals surface area (Å²) in [5, 5.41) is 7.43. The van der Waals surface area contributed by atoms with Crippen molar-refractivity contribution in [3.05, 3.63) is 0 Å². The van der Waals surface area contributed by atoms with E-state index in [1.54, 1.807) is 0 Å². The molecule has 0 spiro atoms. The molecule has 0 atom stereocenters. The minimum Gasteiger partial charge on any atom is -0.331 e. The average Bonchev–Trinajstić information content (AvgIpc) is 2.89. The number of aliphatic hydroxyl groups is 1. The summed E-state index contributed by atoms with van der Waals surface area (Å²) in [7, 11) is 0. The second-order valence-corrected chi connectivity index (χ2v) is 9.65. The summed E-state index contributed by atoms with van der Waals surface area (Å²) >= 11 is 0. The Kier molecular flexibility index (Phi) is 11.2. The zero-order valence-electron chi connectivity index (χ0n) is 22.2. The van der Waals surface area contributed by atoms with Crippen molar-refractivity contribution in [3.63, 3.8) is 0 Å². The first-order valence-electron chi connectivity index (χ1n) is 10.8. The summed E-state index contributed by atoms with van der Waals surface area (Å²) in [6, 6.07) is 0. The Morgan fingerprint density at radius 3 is 0.340 bits per heavy atom. The number of rotatable bonds is 15. The molecule has 0 aromatic heterocycles. The van der Waals surface area contributed by atoms with Gasteiger partial charge in [-0.25, -0.2) is 0 Å². The summed E-state index contributed by atoms with van der Waals surface area (Å²) in [4.78, 5) is 0. The summed E-state index contributed by atoms with van der Waals surface area (Å²) in [6.07, 6.45) is -16.4. The second kappa shape index (κ2) is 11.8. The van der Waals surface area contributed by atoms with Crippen molar-refractivity contribution in [2.75, 3.05) is 0 Å². The van der Waals surface area contributed by atoms with Gasteiger partial charge in [0.1, 0.15) is 0 Å². The monoisotopic (exact) mass is 886 g/mol. The van der Waals surface area contributed by atoms with Gasteiger partial charge >= 0.3 is 101 Å². The van der Waals surface area contributed by atoms with Gasteiger partial charge in [0.25, 0.3) is 0 Å². The maximum absolute atomic E-state index is 13.8. The van der Waals surface area contributed by atoms with Crippen LogP contribution in [0.4, 0.5) is 154 Å². The van der Waals surface area contributed by atoms with Gasteiger partial charge in [-0.2, -0.15) is 154 Å². The molecular formula is C17HF35O. The Hall–Kier alpha value is -2.49. The van der Waals surface area contributed by atoms with Gasteiger partial charge in [0.15, 0.2) is 0 Å². The molecule has 0 amide bonds. The summed E-state index contributed by atoms with van der Waals surface area (Å²) < 4.78 is 464. The summed E-state index contributed by atoms with van der Waals surface area (Å²) in [5.74, 6) is -148. The van der Waals surface area contributed by atoms with Gasteiger partial charge in [0.05, 0.1) is 0 Å². The molecule has 0 aromatic carbocycles. The van der Waals surface area contributed by atoms with E-state index in [0.717, 1.165) is 0 Å². The standard InChI is InChI=1S/C17HF35O/c18-1(19,2(20,21)4(24,25)6(28,29)8(32,33)10(36,37)12(40,41)14(44,45)16(48,49)50)3(22,23)5(26,27)7(30,31)9(34,35)11(38,39)13(42,43)15(46,47)17(51,52)53/h53H. The molecule has 0 rings (SSSR count). The minimum absolute atomic E-state index is 7.43. The van der Waals surface area contributed by atoms with Crippen LogP contribution in [0.5, 0.6) is 0 Å². The molecule has 0 radical (unpaired) electrons. The van der Waals surface area contributed by atoms with Gasteiger partial charge in [0.2, 0.25) is 0 Å². The van der Waals surface area contributed by atoms with Crippen LogP contribution in [-0.4, -0.2) is 106 Å². The van der Waals surface area contributed by atoms with Crippen LogP contribution in [0.15, 0.2) is 0 Å². The molecule has 0 aromatic rings. The molecule has 320 valence electrons. The van der Waals surface area contributed by atoms with Crippen molar-refractivity contribution in [1.29, 1.82) is 0 Å². The van der Waals surface area contributed by atoms with Gasteiger partial charge in [-0.1, -0.05) is 0 Å². The lowest BCUT2D eigenvalue weighted by molar-refractivity contribution is -0.495. The van der Waals surface area contributed by atoms with Gasteiger partial charge in [-0.05, 0) is 0 Å². The molecule has 1 nitrogen and oxygen atoms in total. The predicted molar refractivity (Wildman–Crippen MR) is 87.4 cm³/mol. The van der Waals surface area contributed by atoms with E-state index in [0.29, 0.717) is 0 Å². The molecular weight excluding hydrogens is 885 g/mol. The molecule has 0 aliphatic rings. The van der Waals surface area contributed by atoms with Crippen LogP contribution in [0.2, 0.25) is 0 Å². The summed E-state index contributed by atoms with van der Waals surface area (Å²) in [5.41, 5.74) is 0. The van der Waals surface area contributed by atoms with Crippen LogP contribution in [0.3, 0.4) is 0 Å². The van der Waals surface area contributed by atoms with E-state index in [1.165, 1.54) is 0 Å². The molecule has 0 heterocycles. The van der Waals surface area contributed by atoms with Crippen molar-refractivity contribution < 1.29 is 159 Å². The molecule has 0 aliphatic heterocycles. The minimum atomic E-state index is -10.3. The summed E-state index contributed by atoms with van der Waals surface area (Å²) in [6.45, 7) is 0. The number of alkyl halides is 35. The first kappa shape index (κ1) is 50.5. The first-order valence-corrected chi connectivity index (χ1v) is 10.8. The third-order valence-electron chi connectivity index (χ3n) is 6.25. The third kappa shape index (κ3) is 5.58. The van der Waals surface area contributed by atoms with Crippen molar-refractivity contribution in [2.24, 2.45) is 0 Å². The Balaban J connectivity index is 7.78. The fraction of sp³-hybridized carbons (Fsp3) is 1.00. The first-order chi connectivity index (χ1) is 22.0. The molecule has 0 saturated carbocycles. The number of halogens is 35. The van der Waals surface area contributed by atoms with E-state index in [-0.39, 0.29) is 0 Å². The van der Waals surface area contributed by atoms with Crippen molar-refractivity contribution in [3.8, 4) is 0 Å². The van der Waals surface area contributed by atoms with E-state index in [2.05, 4.69) is 0 Å². The molecule has 0 bridgehead atoms.